The largest absolute Gasteiger partial charge is 0.338 e. The lowest BCUT2D eigenvalue weighted by atomic mass is 10.3. The zero-order valence-corrected chi connectivity index (χ0v) is 11.6. The van der Waals surface area contributed by atoms with Crippen LogP contribution in [0.4, 0.5) is 11.5 Å². The SMILES string of the molecule is N#Cc1cnn(-c2cccc(Cl)c2)c1Nc1cccnc1. The summed E-state index contributed by atoms with van der Waals surface area (Å²) in [4.78, 5) is 4.04. The fourth-order valence-electron chi connectivity index (χ4n) is 1.93. The van der Waals surface area contributed by atoms with Crippen molar-refractivity contribution in [2.75, 3.05) is 5.32 Å². The van der Waals surface area contributed by atoms with Crippen molar-refractivity contribution < 1.29 is 0 Å². The summed E-state index contributed by atoms with van der Waals surface area (Å²) in [5, 5.41) is 17.2. The Labute approximate surface area is 126 Å². The summed E-state index contributed by atoms with van der Waals surface area (Å²) < 4.78 is 1.64. The standard InChI is InChI=1S/C15H10ClN5/c16-12-3-1-5-14(7-12)21-15(11(8-17)9-19-21)20-13-4-2-6-18-10-13/h1-7,9-10,20H. The second kappa shape index (κ2) is 5.65. The first-order chi connectivity index (χ1) is 10.3. The predicted molar refractivity (Wildman–Crippen MR) is 80.8 cm³/mol. The molecule has 0 saturated carbocycles. The van der Waals surface area contributed by atoms with Gasteiger partial charge in [-0.1, -0.05) is 17.7 Å². The molecule has 0 bridgehead atoms. The van der Waals surface area contributed by atoms with E-state index in [2.05, 4.69) is 21.5 Å². The van der Waals surface area contributed by atoms with Crippen molar-refractivity contribution in [1.29, 1.82) is 5.26 Å². The van der Waals surface area contributed by atoms with Crippen LogP contribution in [0.2, 0.25) is 5.02 Å². The van der Waals surface area contributed by atoms with Crippen LogP contribution in [-0.4, -0.2) is 14.8 Å². The maximum atomic E-state index is 9.23. The van der Waals surface area contributed by atoms with Crippen LogP contribution in [0.5, 0.6) is 0 Å². The lowest BCUT2D eigenvalue weighted by molar-refractivity contribution is 0.888. The number of rotatable bonds is 3. The third-order valence-corrected chi connectivity index (χ3v) is 3.10. The van der Waals surface area contributed by atoms with Gasteiger partial charge in [0.15, 0.2) is 5.82 Å². The van der Waals surface area contributed by atoms with Gasteiger partial charge in [-0.15, -0.1) is 0 Å². The Bertz CT molecular complexity index is 804. The highest BCUT2D eigenvalue weighted by Crippen LogP contribution is 2.24. The van der Waals surface area contributed by atoms with Crippen molar-refractivity contribution in [3.63, 3.8) is 0 Å². The zero-order chi connectivity index (χ0) is 14.7. The minimum absolute atomic E-state index is 0.443. The van der Waals surface area contributed by atoms with Gasteiger partial charge in [0.1, 0.15) is 11.6 Å². The fourth-order valence-corrected chi connectivity index (χ4v) is 2.11. The molecule has 2 heterocycles. The molecule has 3 aromatic rings. The maximum absolute atomic E-state index is 9.23. The predicted octanol–water partition coefficient (Wildman–Crippen LogP) is 3.54. The molecule has 0 saturated heterocycles. The highest BCUT2D eigenvalue weighted by atomic mass is 35.5. The van der Waals surface area contributed by atoms with Gasteiger partial charge in [0, 0.05) is 11.2 Å². The molecule has 2 aromatic heterocycles. The van der Waals surface area contributed by atoms with Crippen LogP contribution in [0.25, 0.3) is 5.69 Å². The van der Waals surface area contributed by atoms with Crippen molar-refractivity contribution in [3.05, 3.63) is 65.6 Å². The van der Waals surface area contributed by atoms with E-state index in [0.717, 1.165) is 11.4 Å². The normalized spacial score (nSPS) is 10.1. The minimum Gasteiger partial charge on any atom is -0.338 e. The number of nitriles is 1. The molecule has 6 heteroatoms. The van der Waals surface area contributed by atoms with E-state index in [1.54, 1.807) is 29.2 Å². The molecular weight excluding hydrogens is 286 g/mol. The number of halogens is 1. The number of nitrogens with zero attached hydrogens (tertiary/aromatic N) is 4. The molecule has 3 rings (SSSR count). The van der Waals surface area contributed by atoms with Crippen LogP contribution >= 0.6 is 11.6 Å². The van der Waals surface area contributed by atoms with E-state index in [0.29, 0.717) is 16.4 Å². The van der Waals surface area contributed by atoms with Gasteiger partial charge in [-0.05, 0) is 30.3 Å². The van der Waals surface area contributed by atoms with Gasteiger partial charge in [0.25, 0.3) is 0 Å². The van der Waals surface area contributed by atoms with Crippen LogP contribution in [0, 0.1) is 11.3 Å². The van der Waals surface area contributed by atoms with Crippen molar-refractivity contribution in [3.8, 4) is 11.8 Å². The molecule has 0 fully saturated rings. The van der Waals surface area contributed by atoms with Gasteiger partial charge in [-0.25, -0.2) is 4.68 Å². The van der Waals surface area contributed by atoms with Crippen LogP contribution in [-0.2, 0) is 0 Å². The third-order valence-electron chi connectivity index (χ3n) is 2.87. The van der Waals surface area contributed by atoms with E-state index in [1.165, 1.54) is 6.20 Å². The van der Waals surface area contributed by atoms with Crippen molar-refractivity contribution in [1.82, 2.24) is 14.8 Å². The summed E-state index contributed by atoms with van der Waals surface area (Å²) in [7, 11) is 0. The van der Waals surface area contributed by atoms with E-state index >= 15 is 0 Å². The van der Waals surface area contributed by atoms with Crippen molar-refractivity contribution in [2.24, 2.45) is 0 Å². The van der Waals surface area contributed by atoms with Gasteiger partial charge in [0.05, 0.1) is 23.8 Å². The molecule has 102 valence electrons. The molecular formula is C15H10ClN5. The average Bonchev–Trinajstić information content (AvgIpc) is 2.91. The summed E-state index contributed by atoms with van der Waals surface area (Å²) >= 11 is 6.01. The van der Waals surface area contributed by atoms with Crippen molar-refractivity contribution in [2.45, 2.75) is 0 Å². The highest BCUT2D eigenvalue weighted by Gasteiger charge is 2.12. The molecule has 0 radical (unpaired) electrons. The summed E-state index contributed by atoms with van der Waals surface area (Å²) in [6, 6.07) is 13.1. The first-order valence-corrected chi connectivity index (χ1v) is 6.57. The molecule has 0 aliphatic heterocycles. The Morgan fingerprint density at radius 3 is 2.81 bits per heavy atom. The molecule has 0 amide bonds. The molecule has 1 N–H and O–H groups in total. The number of hydrogen-bond donors (Lipinski definition) is 1. The van der Waals surface area contributed by atoms with Gasteiger partial charge in [0.2, 0.25) is 0 Å². The first kappa shape index (κ1) is 13.2. The average molecular weight is 296 g/mol. The van der Waals surface area contributed by atoms with Gasteiger partial charge < -0.3 is 5.32 Å². The van der Waals surface area contributed by atoms with Crippen LogP contribution in [0.1, 0.15) is 5.56 Å². The van der Waals surface area contributed by atoms with Gasteiger partial charge >= 0.3 is 0 Å². The van der Waals surface area contributed by atoms with Crippen LogP contribution in [0.15, 0.2) is 55.0 Å². The second-order valence-corrected chi connectivity index (χ2v) is 4.71. The van der Waals surface area contributed by atoms with Crippen LogP contribution < -0.4 is 5.32 Å². The van der Waals surface area contributed by atoms with Crippen LogP contribution in [0.3, 0.4) is 0 Å². The fraction of sp³-hybridized carbons (Fsp3) is 0. The first-order valence-electron chi connectivity index (χ1n) is 6.19. The number of pyridine rings is 1. The van der Waals surface area contributed by atoms with Gasteiger partial charge in [-0.3, -0.25) is 4.98 Å². The molecule has 0 aliphatic carbocycles. The van der Waals surface area contributed by atoms with E-state index in [1.807, 2.05) is 24.3 Å². The summed E-state index contributed by atoms with van der Waals surface area (Å²) in [5.74, 6) is 0.577. The summed E-state index contributed by atoms with van der Waals surface area (Å²) in [6.07, 6.45) is 4.88. The summed E-state index contributed by atoms with van der Waals surface area (Å²) in [5.41, 5.74) is 1.99. The van der Waals surface area contributed by atoms with E-state index in [9.17, 15) is 5.26 Å². The number of hydrogen-bond acceptors (Lipinski definition) is 4. The quantitative estimate of drug-likeness (QED) is 0.802. The monoisotopic (exact) mass is 295 g/mol. The second-order valence-electron chi connectivity index (χ2n) is 4.28. The lowest BCUT2D eigenvalue weighted by Gasteiger charge is -2.10. The molecule has 0 atom stereocenters. The Hall–Kier alpha value is -2.84. The zero-order valence-electron chi connectivity index (χ0n) is 10.9. The number of benzene rings is 1. The van der Waals surface area contributed by atoms with E-state index < -0.39 is 0 Å². The Kier molecular flexibility index (Phi) is 3.54. The third kappa shape index (κ3) is 2.71. The smallest absolute Gasteiger partial charge is 0.152 e. The Morgan fingerprint density at radius 2 is 2.10 bits per heavy atom. The molecule has 21 heavy (non-hydrogen) atoms. The van der Waals surface area contributed by atoms with Gasteiger partial charge in [-0.2, -0.15) is 10.4 Å². The molecule has 1 aromatic carbocycles. The Morgan fingerprint density at radius 1 is 1.19 bits per heavy atom. The Balaban J connectivity index is 2.07. The molecule has 0 aliphatic rings. The lowest BCUT2D eigenvalue weighted by Crippen LogP contribution is -2.03. The molecule has 0 unspecified atom stereocenters. The molecule has 5 nitrogen and oxygen atoms in total. The molecule has 0 spiro atoms. The summed E-state index contributed by atoms with van der Waals surface area (Å²) in [6.45, 7) is 0. The minimum atomic E-state index is 0.443. The number of anilines is 2. The van der Waals surface area contributed by atoms with E-state index in [4.69, 9.17) is 11.6 Å². The number of aromatic nitrogens is 3. The van der Waals surface area contributed by atoms with E-state index in [-0.39, 0.29) is 0 Å². The van der Waals surface area contributed by atoms with Crippen molar-refractivity contribution >= 4 is 23.1 Å². The topological polar surface area (TPSA) is 66.5 Å². The number of nitrogens with one attached hydrogen (secondary N) is 1. The maximum Gasteiger partial charge on any atom is 0.152 e. The highest BCUT2D eigenvalue weighted by molar-refractivity contribution is 6.30.